The second kappa shape index (κ2) is 6.02. The van der Waals surface area contributed by atoms with Gasteiger partial charge >= 0.3 is 0 Å². The summed E-state index contributed by atoms with van der Waals surface area (Å²) >= 11 is 0. The van der Waals surface area contributed by atoms with Crippen molar-refractivity contribution in [3.63, 3.8) is 0 Å². The minimum Gasteiger partial charge on any atom is -0.494 e. The Bertz CT molecular complexity index is 461. The fourth-order valence-electron chi connectivity index (χ4n) is 1.90. The largest absolute Gasteiger partial charge is 0.494 e. The van der Waals surface area contributed by atoms with Crippen LogP contribution in [-0.2, 0) is 4.79 Å². The SMILES string of the molecule is COc1ccc(N(C)C(=O)C(C)(C)CCN)cc1F. The molecule has 0 saturated carbocycles. The van der Waals surface area contributed by atoms with Gasteiger partial charge in [-0.2, -0.15) is 0 Å². The van der Waals surface area contributed by atoms with E-state index in [0.717, 1.165) is 0 Å². The van der Waals surface area contributed by atoms with Gasteiger partial charge in [-0.3, -0.25) is 4.79 Å². The van der Waals surface area contributed by atoms with Crippen LogP contribution in [0, 0.1) is 11.2 Å². The van der Waals surface area contributed by atoms with E-state index in [2.05, 4.69) is 0 Å². The number of halogens is 1. The predicted molar refractivity (Wildman–Crippen MR) is 73.8 cm³/mol. The number of nitrogens with two attached hydrogens (primary N) is 1. The second-order valence-electron chi connectivity index (χ2n) is 5.11. The molecule has 0 radical (unpaired) electrons. The Labute approximate surface area is 113 Å². The first-order chi connectivity index (χ1) is 8.83. The number of carbonyl (C=O) groups is 1. The molecule has 0 aliphatic heterocycles. The van der Waals surface area contributed by atoms with Crippen LogP contribution in [0.1, 0.15) is 20.3 Å². The predicted octanol–water partition coefficient (Wildman–Crippen LogP) is 2.17. The minimum absolute atomic E-state index is 0.0949. The van der Waals surface area contributed by atoms with E-state index >= 15 is 0 Å². The molecule has 0 spiro atoms. The molecule has 0 aliphatic rings. The average Bonchev–Trinajstić information content (AvgIpc) is 2.36. The van der Waals surface area contributed by atoms with Crippen LogP contribution in [-0.4, -0.2) is 26.6 Å². The van der Waals surface area contributed by atoms with E-state index in [1.54, 1.807) is 13.1 Å². The van der Waals surface area contributed by atoms with Gasteiger partial charge in [0.15, 0.2) is 11.6 Å². The Morgan fingerprint density at radius 2 is 2.11 bits per heavy atom. The Morgan fingerprint density at radius 3 is 2.58 bits per heavy atom. The molecule has 1 rings (SSSR count). The number of benzene rings is 1. The topological polar surface area (TPSA) is 55.6 Å². The van der Waals surface area contributed by atoms with Gasteiger partial charge in [0.2, 0.25) is 5.91 Å². The van der Waals surface area contributed by atoms with E-state index in [1.165, 1.54) is 24.1 Å². The van der Waals surface area contributed by atoms with Crippen molar-refractivity contribution in [1.82, 2.24) is 0 Å². The maximum atomic E-state index is 13.6. The minimum atomic E-state index is -0.570. The highest BCUT2D eigenvalue weighted by Gasteiger charge is 2.30. The number of hydrogen-bond donors (Lipinski definition) is 1. The zero-order chi connectivity index (χ0) is 14.6. The number of ether oxygens (including phenoxy) is 1. The van der Waals surface area contributed by atoms with Crippen molar-refractivity contribution >= 4 is 11.6 Å². The van der Waals surface area contributed by atoms with E-state index in [4.69, 9.17) is 10.5 Å². The molecule has 0 saturated heterocycles. The maximum Gasteiger partial charge on any atom is 0.232 e. The normalized spacial score (nSPS) is 11.3. The van der Waals surface area contributed by atoms with Crippen LogP contribution in [0.5, 0.6) is 5.75 Å². The molecular formula is C14H21FN2O2. The Hall–Kier alpha value is -1.62. The number of carbonyl (C=O) groups excluding carboxylic acids is 1. The number of methoxy groups -OCH3 is 1. The fourth-order valence-corrected chi connectivity index (χ4v) is 1.90. The van der Waals surface area contributed by atoms with Crippen LogP contribution in [0.3, 0.4) is 0 Å². The lowest BCUT2D eigenvalue weighted by atomic mass is 9.87. The molecule has 19 heavy (non-hydrogen) atoms. The molecule has 0 heterocycles. The van der Waals surface area contributed by atoms with Crippen molar-refractivity contribution < 1.29 is 13.9 Å². The Kier molecular flexibility index (Phi) is 4.89. The summed E-state index contributed by atoms with van der Waals surface area (Å²) < 4.78 is 18.5. The summed E-state index contributed by atoms with van der Waals surface area (Å²) in [5.74, 6) is -0.426. The second-order valence-corrected chi connectivity index (χ2v) is 5.11. The van der Waals surface area contributed by atoms with E-state index < -0.39 is 11.2 Å². The maximum absolute atomic E-state index is 13.6. The van der Waals surface area contributed by atoms with Gasteiger partial charge in [0.25, 0.3) is 0 Å². The zero-order valence-corrected chi connectivity index (χ0v) is 11.9. The van der Waals surface area contributed by atoms with Gasteiger partial charge < -0.3 is 15.4 Å². The number of nitrogens with zero attached hydrogens (tertiary/aromatic N) is 1. The summed E-state index contributed by atoms with van der Waals surface area (Å²) in [6.07, 6.45) is 0.578. The number of amides is 1. The van der Waals surface area contributed by atoms with E-state index in [-0.39, 0.29) is 11.7 Å². The summed E-state index contributed by atoms with van der Waals surface area (Å²) in [7, 11) is 3.03. The molecular weight excluding hydrogens is 247 g/mol. The third kappa shape index (κ3) is 3.44. The number of rotatable bonds is 5. The van der Waals surface area contributed by atoms with Crippen molar-refractivity contribution in [2.75, 3.05) is 25.6 Å². The number of anilines is 1. The first kappa shape index (κ1) is 15.4. The average molecular weight is 268 g/mol. The zero-order valence-electron chi connectivity index (χ0n) is 11.9. The lowest BCUT2D eigenvalue weighted by Gasteiger charge is -2.29. The van der Waals surface area contributed by atoms with Crippen LogP contribution in [0.25, 0.3) is 0 Å². The summed E-state index contributed by atoms with van der Waals surface area (Å²) in [5.41, 5.74) is 5.43. The van der Waals surface area contributed by atoms with Crippen molar-refractivity contribution in [1.29, 1.82) is 0 Å². The Morgan fingerprint density at radius 1 is 1.47 bits per heavy atom. The van der Waals surface area contributed by atoms with Gasteiger partial charge in [-0.1, -0.05) is 13.8 Å². The molecule has 0 unspecified atom stereocenters. The van der Waals surface area contributed by atoms with Crippen molar-refractivity contribution in [2.45, 2.75) is 20.3 Å². The van der Waals surface area contributed by atoms with Gasteiger partial charge in [0.1, 0.15) is 0 Å². The molecule has 0 aromatic heterocycles. The molecule has 0 aliphatic carbocycles. The van der Waals surface area contributed by atoms with Gasteiger partial charge in [-0.05, 0) is 25.1 Å². The molecule has 1 aromatic carbocycles. The summed E-state index contributed by atoms with van der Waals surface area (Å²) in [5, 5.41) is 0. The molecule has 0 fully saturated rings. The van der Waals surface area contributed by atoms with E-state index in [9.17, 15) is 9.18 Å². The van der Waals surface area contributed by atoms with Crippen LogP contribution in [0.4, 0.5) is 10.1 Å². The molecule has 1 amide bonds. The van der Waals surface area contributed by atoms with Gasteiger partial charge in [0, 0.05) is 24.2 Å². The summed E-state index contributed by atoms with van der Waals surface area (Å²) in [6.45, 7) is 4.10. The van der Waals surface area contributed by atoms with Crippen molar-refractivity contribution in [2.24, 2.45) is 11.1 Å². The third-order valence-electron chi connectivity index (χ3n) is 3.18. The van der Waals surface area contributed by atoms with Crippen molar-refractivity contribution in [3.8, 4) is 5.75 Å². The highest BCUT2D eigenvalue weighted by Crippen LogP contribution is 2.28. The molecule has 2 N–H and O–H groups in total. The lowest BCUT2D eigenvalue weighted by molar-refractivity contribution is -0.126. The van der Waals surface area contributed by atoms with E-state index in [1.807, 2.05) is 13.8 Å². The monoisotopic (exact) mass is 268 g/mol. The molecule has 106 valence electrons. The van der Waals surface area contributed by atoms with Crippen LogP contribution in [0.2, 0.25) is 0 Å². The third-order valence-corrected chi connectivity index (χ3v) is 3.18. The highest BCUT2D eigenvalue weighted by molar-refractivity contribution is 5.96. The summed E-state index contributed by atoms with van der Waals surface area (Å²) in [6, 6.07) is 4.44. The van der Waals surface area contributed by atoms with Gasteiger partial charge in [-0.15, -0.1) is 0 Å². The van der Waals surface area contributed by atoms with Gasteiger partial charge in [-0.25, -0.2) is 4.39 Å². The highest BCUT2D eigenvalue weighted by atomic mass is 19.1. The molecule has 5 heteroatoms. The van der Waals surface area contributed by atoms with Crippen LogP contribution in [0.15, 0.2) is 18.2 Å². The number of hydrogen-bond acceptors (Lipinski definition) is 3. The smallest absolute Gasteiger partial charge is 0.232 e. The van der Waals surface area contributed by atoms with E-state index in [0.29, 0.717) is 18.7 Å². The van der Waals surface area contributed by atoms with Gasteiger partial charge in [0.05, 0.1) is 7.11 Å². The quantitative estimate of drug-likeness (QED) is 0.890. The van der Waals surface area contributed by atoms with Crippen LogP contribution < -0.4 is 15.4 Å². The molecule has 0 atom stereocenters. The first-order valence-corrected chi connectivity index (χ1v) is 6.15. The van der Waals surface area contributed by atoms with Crippen molar-refractivity contribution in [3.05, 3.63) is 24.0 Å². The fraction of sp³-hybridized carbons (Fsp3) is 0.500. The molecule has 4 nitrogen and oxygen atoms in total. The molecule has 1 aromatic rings. The molecule has 0 bridgehead atoms. The van der Waals surface area contributed by atoms with Crippen LogP contribution >= 0.6 is 0 Å². The lowest BCUT2D eigenvalue weighted by Crippen LogP contribution is -2.39. The standard InChI is InChI=1S/C14H21FN2O2/c1-14(2,7-8-16)13(18)17(3)10-5-6-12(19-4)11(15)9-10/h5-6,9H,7-8,16H2,1-4H3. The Balaban J connectivity index is 2.97. The first-order valence-electron chi connectivity index (χ1n) is 6.15. The summed E-state index contributed by atoms with van der Waals surface area (Å²) in [4.78, 5) is 13.8.